The molecule has 2 heterocycles. The molecule has 0 radical (unpaired) electrons. The molecule has 0 fully saturated rings. The molecule has 0 bridgehead atoms. The van der Waals surface area contributed by atoms with Crippen molar-refractivity contribution in [3.8, 4) is 0 Å². The molecule has 2 aromatic heterocycles. The van der Waals surface area contributed by atoms with Gasteiger partial charge in [0.1, 0.15) is 10.7 Å². The van der Waals surface area contributed by atoms with Gasteiger partial charge >= 0.3 is 0 Å². The highest BCUT2D eigenvalue weighted by Gasteiger charge is 2.19. The molecule has 0 unspecified atom stereocenters. The Kier molecular flexibility index (Phi) is 4.10. The second-order valence-electron chi connectivity index (χ2n) is 6.45. The van der Waals surface area contributed by atoms with E-state index in [1.54, 1.807) is 11.3 Å². The van der Waals surface area contributed by atoms with Crippen LogP contribution in [0, 0.1) is 6.92 Å². The molecule has 0 atom stereocenters. The fourth-order valence-corrected chi connectivity index (χ4v) is 4.60. The van der Waals surface area contributed by atoms with Gasteiger partial charge in [0.2, 0.25) is 0 Å². The topological polar surface area (TPSA) is 57.8 Å². The van der Waals surface area contributed by atoms with Crippen LogP contribution in [-0.4, -0.2) is 16.5 Å². The van der Waals surface area contributed by atoms with Gasteiger partial charge in [-0.05, 0) is 50.3 Å². The SMILES string of the molecule is Cc1ccc(NCCc2nc3sc4c(c3c(=O)[nH]2)CCCC4)cc1. The number of aromatic amines is 1. The van der Waals surface area contributed by atoms with E-state index in [1.807, 2.05) is 0 Å². The number of nitrogens with zero attached hydrogens (tertiary/aromatic N) is 1. The molecular formula is C19H21N3OS. The van der Waals surface area contributed by atoms with E-state index in [9.17, 15) is 4.79 Å². The number of fused-ring (bicyclic) bond motifs is 3. The summed E-state index contributed by atoms with van der Waals surface area (Å²) < 4.78 is 0. The van der Waals surface area contributed by atoms with Gasteiger partial charge in [0.25, 0.3) is 5.56 Å². The number of H-pyrrole nitrogens is 1. The average Bonchev–Trinajstić information content (AvgIpc) is 2.95. The Bertz CT molecular complexity index is 924. The van der Waals surface area contributed by atoms with Crippen LogP contribution in [-0.2, 0) is 19.3 Å². The number of hydrogen-bond acceptors (Lipinski definition) is 4. The van der Waals surface area contributed by atoms with Crippen molar-refractivity contribution in [2.45, 2.75) is 39.0 Å². The summed E-state index contributed by atoms with van der Waals surface area (Å²) in [6.07, 6.45) is 5.24. The highest BCUT2D eigenvalue weighted by atomic mass is 32.1. The Morgan fingerprint density at radius 2 is 2.00 bits per heavy atom. The summed E-state index contributed by atoms with van der Waals surface area (Å²) in [7, 11) is 0. The quantitative estimate of drug-likeness (QED) is 0.759. The predicted octanol–water partition coefficient (Wildman–Crippen LogP) is 3.83. The van der Waals surface area contributed by atoms with Gasteiger partial charge in [0.05, 0.1) is 5.39 Å². The number of hydrogen-bond donors (Lipinski definition) is 2. The largest absolute Gasteiger partial charge is 0.385 e. The molecule has 1 aromatic carbocycles. The number of rotatable bonds is 4. The minimum atomic E-state index is 0.0322. The smallest absolute Gasteiger partial charge is 0.259 e. The number of aromatic nitrogens is 2. The van der Waals surface area contributed by atoms with Crippen molar-refractivity contribution in [2.24, 2.45) is 0 Å². The zero-order valence-corrected chi connectivity index (χ0v) is 14.6. The lowest BCUT2D eigenvalue weighted by Gasteiger charge is -2.09. The molecule has 1 aliphatic rings. The molecule has 0 spiro atoms. The summed E-state index contributed by atoms with van der Waals surface area (Å²) in [5, 5.41) is 4.22. The second kappa shape index (κ2) is 6.40. The number of thiophene rings is 1. The first-order valence-corrected chi connectivity index (χ1v) is 9.36. The number of aryl methyl sites for hydroxylation is 3. The Balaban J connectivity index is 1.52. The molecule has 124 valence electrons. The maximum Gasteiger partial charge on any atom is 0.259 e. The van der Waals surface area contributed by atoms with Crippen LogP contribution >= 0.6 is 11.3 Å². The molecule has 1 aliphatic carbocycles. The minimum absolute atomic E-state index is 0.0322. The van der Waals surface area contributed by atoms with Gasteiger partial charge in [-0.3, -0.25) is 4.79 Å². The summed E-state index contributed by atoms with van der Waals surface area (Å²) in [5.41, 5.74) is 3.62. The van der Waals surface area contributed by atoms with E-state index in [0.29, 0.717) is 6.42 Å². The Morgan fingerprint density at radius 3 is 2.83 bits per heavy atom. The predicted molar refractivity (Wildman–Crippen MR) is 100 cm³/mol. The van der Waals surface area contributed by atoms with Gasteiger partial charge in [-0.1, -0.05) is 17.7 Å². The Morgan fingerprint density at radius 1 is 1.21 bits per heavy atom. The van der Waals surface area contributed by atoms with Crippen LogP contribution in [0.5, 0.6) is 0 Å². The molecule has 24 heavy (non-hydrogen) atoms. The van der Waals surface area contributed by atoms with E-state index in [1.165, 1.54) is 28.8 Å². The minimum Gasteiger partial charge on any atom is -0.385 e. The molecule has 0 aliphatic heterocycles. The van der Waals surface area contributed by atoms with Crippen molar-refractivity contribution in [1.82, 2.24) is 9.97 Å². The molecule has 0 saturated carbocycles. The third-order valence-corrected chi connectivity index (χ3v) is 5.80. The molecule has 0 saturated heterocycles. The number of nitrogens with one attached hydrogen (secondary N) is 2. The van der Waals surface area contributed by atoms with E-state index >= 15 is 0 Å². The Labute approximate surface area is 145 Å². The van der Waals surface area contributed by atoms with Gasteiger partial charge in [0.15, 0.2) is 0 Å². The van der Waals surface area contributed by atoms with Crippen molar-refractivity contribution in [3.63, 3.8) is 0 Å². The van der Waals surface area contributed by atoms with Gasteiger partial charge in [-0.25, -0.2) is 4.98 Å². The van der Waals surface area contributed by atoms with E-state index in [4.69, 9.17) is 4.98 Å². The van der Waals surface area contributed by atoms with E-state index in [0.717, 1.165) is 41.1 Å². The molecule has 4 nitrogen and oxygen atoms in total. The van der Waals surface area contributed by atoms with E-state index in [2.05, 4.69) is 41.5 Å². The second-order valence-corrected chi connectivity index (χ2v) is 7.53. The maximum absolute atomic E-state index is 12.5. The molecule has 0 amide bonds. The number of benzene rings is 1. The van der Waals surface area contributed by atoms with Crippen LogP contribution in [0.15, 0.2) is 29.1 Å². The van der Waals surface area contributed by atoms with Crippen LogP contribution in [0.2, 0.25) is 0 Å². The van der Waals surface area contributed by atoms with Crippen LogP contribution in [0.4, 0.5) is 5.69 Å². The van der Waals surface area contributed by atoms with Crippen LogP contribution in [0.25, 0.3) is 10.2 Å². The fraction of sp³-hybridized carbons (Fsp3) is 0.368. The van der Waals surface area contributed by atoms with Crippen molar-refractivity contribution in [2.75, 3.05) is 11.9 Å². The third-order valence-electron chi connectivity index (χ3n) is 4.62. The Hall–Kier alpha value is -2.14. The standard InChI is InChI=1S/C19H21N3OS/c1-12-6-8-13(9-7-12)20-11-10-16-21-18(23)17-14-4-2-3-5-15(14)24-19(17)22-16/h6-9,20H,2-5,10-11H2,1H3,(H,21,22,23). The summed E-state index contributed by atoms with van der Waals surface area (Å²) in [6.45, 7) is 2.83. The average molecular weight is 339 g/mol. The highest BCUT2D eigenvalue weighted by molar-refractivity contribution is 7.18. The van der Waals surface area contributed by atoms with E-state index in [-0.39, 0.29) is 5.56 Å². The molecule has 2 N–H and O–H groups in total. The van der Waals surface area contributed by atoms with Gasteiger partial charge in [-0.15, -0.1) is 11.3 Å². The molecular weight excluding hydrogens is 318 g/mol. The van der Waals surface area contributed by atoms with Crippen LogP contribution < -0.4 is 10.9 Å². The lowest BCUT2D eigenvalue weighted by molar-refractivity contribution is 0.700. The van der Waals surface area contributed by atoms with Crippen molar-refractivity contribution in [3.05, 3.63) is 56.4 Å². The zero-order valence-electron chi connectivity index (χ0n) is 13.8. The monoisotopic (exact) mass is 339 g/mol. The summed E-state index contributed by atoms with van der Waals surface area (Å²) in [5.74, 6) is 0.769. The van der Waals surface area contributed by atoms with Crippen molar-refractivity contribution >= 4 is 27.2 Å². The molecule has 4 rings (SSSR count). The normalized spacial score (nSPS) is 13.9. The first kappa shape index (κ1) is 15.4. The van der Waals surface area contributed by atoms with Crippen LogP contribution in [0.1, 0.15) is 34.7 Å². The summed E-state index contributed by atoms with van der Waals surface area (Å²) >= 11 is 1.71. The lowest BCUT2D eigenvalue weighted by Crippen LogP contribution is -2.15. The van der Waals surface area contributed by atoms with E-state index < -0.39 is 0 Å². The molecule has 5 heteroatoms. The van der Waals surface area contributed by atoms with Gasteiger partial charge in [0, 0.05) is 23.5 Å². The first-order valence-electron chi connectivity index (χ1n) is 8.55. The zero-order chi connectivity index (χ0) is 16.5. The van der Waals surface area contributed by atoms with Gasteiger partial charge < -0.3 is 10.3 Å². The number of anilines is 1. The third kappa shape index (κ3) is 2.96. The maximum atomic E-state index is 12.5. The van der Waals surface area contributed by atoms with Crippen molar-refractivity contribution < 1.29 is 0 Å². The van der Waals surface area contributed by atoms with Crippen molar-refractivity contribution in [1.29, 1.82) is 0 Å². The summed E-state index contributed by atoms with van der Waals surface area (Å²) in [4.78, 5) is 22.5. The first-order chi connectivity index (χ1) is 11.7. The fourth-order valence-electron chi connectivity index (χ4n) is 3.32. The highest BCUT2D eigenvalue weighted by Crippen LogP contribution is 2.33. The molecule has 3 aromatic rings. The van der Waals surface area contributed by atoms with Crippen LogP contribution in [0.3, 0.4) is 0 Å². The van der Waals surface area contributed by atoms with Gasteiger partial charge in [-0.2, -0.15) is 0 Å². The summed E-state index contributed by atoms with van der Waals surface area (Å²) in [6, 6.07) is 8.32. The lowest BCUT2D eigenvalue weighted by atomic mass is 9.97.